The first-order valence-corrected chi connectivity index (χ1v) is 9.09. The number of ketones is 1. The van der Waals surface area contributed by atoms with Crippen LogP contribution in [0.25, 0.3) is 0 Å². The van der Waals surface area contributed by atoms with Gasteiger partial charge in [-0.1, -0.05) is 30.3 Å². The highest BCUT2D eigenvalue weighted by Crippen LogP contribution is 2.26. The molecule has 1 aromatic carbocycles. The Labute approximate surface area is 150 Å². The summed E-state index contributed by atoms with van der Waals surface area (Å²) in [4.78, 5) is 25.4. The third-order valence-corrected chi connectivity index (χ3v) is 4.66. The highest BCUT2D eigenvalue weighted by atomic mass is 16.5. The molecule has 5 heteroatoms. The molecular weight excluding hydrogens is 318 g/mol. The first-order valence-electron chi connectivity index (χ1n) is 9.09. The molecule has 1 saturated heterocycles. The molecule has 1 aliphatic rings. The molecule has 0 aromatic heterocycles. The molecule has 25 heavy (non-hydrogen) atoms. The first kappa shape index (κ1) is 19.6. The molecule has 1 fully saturated rings. The van der Waals surface area contributed by atoms with Crippen LogP contribution in [0.3, 0.4) is 0 Å². The summed E-state index contributed by atoms with van der Waals surface area (Å²) in [5.41, 5.74) is 0.970. The van der Waals surface area contributed by atoms with E-state index in [-0.39, 0.29) is 23.9 Å². The van der Waals surface area contributed by atoms with Gasteiger partial charge in [0.15, 0.2) is 0 Å². The molecule has 0 spiro atoms. The minimum atomic E-state index is -0.345. The molecule has 5 nitrogen and oxygen atoms in total. The summed E-state index contributed by atoms with van der Waals surface area (Å²) >= 11 is 0. The smallest absolute Gasteiger partial charge is 0.327 e. The van der Waals surface area contributed by atoms with E-state index in [1.54, 1.807) is 6.92 Å². The molecule has 0 aliphatic carbocycles. The molecular formula is C20H29NO4. The topological polar surface area (TPSA) is 55.8 Å². The van der Waals surface area contributed by atoms with Gasteiger partial charge in [0.1, 0.15) is 11.8 Å². The molecule has 0 amide bonds. The largest absolute Gasteiger partial charge is 0.468 e. The van der Waals surface area contributed by atoms with Gasteiger partial charge in [0.05, 0.1) is 13.2 Å². The normalized spacial score (nSPS) is 17.2. The Morgan fingerprint density at radius 2 is 1.84 bits per heavy atom. The van der Waals surface area contributed by atoms with Gasteiger partial charge < -0.3 is 14.3 Å². The number of piperidine rings is 1. The zero-order chi connectivity index (χ0) is 18.1. The third-order valence-electron chi connectivity index (χ3n) is 4.66. The van der Waals surface area contributed by atoms with Crippen LogP contribution in [-0.4, -0.2) is 49.6 Å². The standard InChI is InChI=1S/C20H29NO4/c1-16(22)8-6-7-15-25-18-11-13-21(14-12-18)19(20(23)24-2)17-9-4-3-5-10-17/h3-5,9-10,18-19H,6-8,11-15H2,1-2H3. The number of carbonyl (C=O) groups is 2. The molecule has 2 rings (SSSR count). The van der Waals surface area contributed by atoms with Gasteiger partial charge in [0.2, 0.25) is 0 Å². The SMILES string of the molecule is COC(=O)C(c1ccccc1)N1CCC(OCCCCC(C)=O)CC1. The molecule has 1 heterocycles. The average molecular weight is 347 g/mol. The summed E-state index contributed by atoms with van der Waals surface area (Å²) < 4.78 is 10.9. The lowest BCUT2D eigenvalue weighted by Crippen LogP contribution is -2.42. The van der Waals surface area contributed by atoms with Crippen molar-refractivity contribution in [3.05, 3.63) is 35.9 Å². The fraction of sp³-hybridized carbons (Fsp3) is 0.600. The summed E-state index contributed by atoms with van der Waals surface area (Å²) in [5, 5.41) is 0. The van der Waals surface area contributed by atoms with Crippen molar-refractivity contribution in [3.63, 3.8) is 0 Å². The van der Waals surface area contributed by atoms with Crippen LogP contribution < -0.4 is 0 Å². The van der Waals surface area contributed by atoms with Crippen LogP contribution in [0, 0.1) is 0 Å². The van der Waals surface area contributed by atoms with Crippen LogP contribution in [0.15, 0.2) is 30.3 Å². The summed E-state index contributed by atoms with van der Waals surface area (Å²) in [7, 11) is 1.44. The maximum absolute atomic E-state index is 12.3. The number of Topliss-reactive ketones (excluding diaryl/α,β-unsaturated/α-hetero) is 1. The minimum absolute atomic E-state index is 0.213. The second kappa shape index (κ2) is 10.3. The Kier molecular flexibility index (Phi) is 8.09. The number of esters is 1. The van der Waals surface area contributed by atoms with Gasteiger partial charge in [-0.2, -0.15) is 0 Å². The summed E-state index contributed by atoms with van der Waals surface area (Å²) in [6, 6.07) is 9.44. The van der Waals surface area contributed by atoms with Crippen LogP contribution in [0.1, 0.15) is 50.6 Å². The number of hydrogen-bond acceptors (Lipinski definition) is 5. The molecule has 0 N–H and O–H groups in total. The van der Waals surface area contributed by atoms with E-state index in [1.807, 2.05) is 30.3 Å². The lowest BCUT2D eigenvalue weighted by atomic mass is 10.0. The van der Waals surface area contributed by atoms with E-state index >= 15 is 0 Å². The summed E-state index contributed by atoms with van der Waals surface area (Å²) in [6.07, 6.45) is 4.52. The van der Waals surface area contributed by atoms with Gasteiger partial charge in [0.25, 0.3) is 0 Å². The molecule has 0 radical (unpaired) electrons. The fourth-order valence-electron chi connectivity index (χ4n) is 3.27. The second-order valence-electron chi connectivity index (χ2n) is 6.60. The van der Waals surface area contributed by atoms with Gasteiger partial charge in [-0.25, -0.2) is 4.79 Å². The highest BCUT2D eigenvalue weighted by Gasteiger charge is 2.31. The number of rotatable bonds is 9. The quantitative estimate of drug-likeness (QED) is 0.507. The van der Waals surface area contributed by atoms with Gasteiger partial charge in [-0.15, -0.1) is 0 Å². The van der Waals surface area contributed by atoms with E-state index in [1.165, 1.54) is 7.11 Å². The van der Waals surface area contributed by atoms with Crippen molar-refractivity contribution in [2.24, 2.45) is 0 Å². The Balaban J connectivity index is 1.81. The molecule has 0 bridgehead atoms. The number of benzene rings is 1. The molecule has 0 saturated carbocycles. The van der Waals surface area contributed by atoms with E-state index in [9.17, 15) is 9.59 Å². The summed E-state index contributed by atoms with van der Waals surface area (Å²) in [5.74, 6) is 0.0258. The van der Waals surface area contributed by atoms with Crippen molar-refractivity contribution in [1.82, 2.24) is 4.90 Å². The number of likely N-dealkylation sites (tertiary alicyclic amines) is 1. The summed E-state index contributed by atoms with van der Waals surface area (Å²) in [6.45, 7) is 3.96. The predicted octanol–water partition coefficient (Wildman–Crippen LogP) is 3.14. The molecule has 138 valence electrons. The molecule has 1 aliphatic heterocycles. The number of ether oxygens (including phenoxy) is 2. The second-order valence-corrected chi connectivity index (χ2v) is 6.60. The Hall–Kier alpha value is -1.72. The zero-order valence-electron chi connectivity index (χ0n) is 15.3. The van der Waals surface area contributed by atoms with E-state index in [0.29, 0.717) is 13.0 Å². The maximum atomic E-state index is 12.3. The molecule has 1 aromatic rings. The van der Waals surface area contributed by atoms with Crippen molar-refractivity contribution in [2.45, 2.75) is 51.2 Å². The van der Waals surface area contributed by atoms with Gasteiger partial charge in [-0.3, -0.25) is 4.90 Å². The maximum Gasteiger partial charge on any atom is 0.327 e. The predicted molar refractivity (Wildman–Crippen MR) is 96.3 cm³/mol. The van der Waals surface area contributed by atoms with Gasteiger partial charge >= 0.3 is 5.97 Å². The van der Waals surface area contributed by atoms with E-state index < -0.39 is 0 Å². The van der Waals surface area contributed by atoms with E-state index in [2.05, 4.69) is 4.90 Å². The number of methoxy groups -OCH3 is 1. The zero-order valence-corrected chi connectivity index (χ0v) is 15.3. The molecule has 1 atom stereocenters. The van der Waals surface area contributed by atoms with Crippen LogP contribution in [0.4, 0.5) is 0 Å². The number of nitrogens with zero attached hydrogens (tertiary/aromatic N) is 1. The Morgan fingerprint density at radius 1 is 1.16 bits per heavy atom. The van der Waals surface area contributed by atoms with Gasteiger partial charge in [0, 0.05) is 26.1 Å². The van der Waals surface area contributed by atoms with Crippen molar-refractivity contribution in [3.8, 4) is 0 Å². The van der Waals surface area contributed by atoms with Crippen molar-refractivity contribution >= 4 is 11.8 Å². The van der Waals surface area contributed by atoms with Crippen molar-refractivity contribution in [2.75, 3.05) is 26.8 Å². The number of unbranched alkanes of at least 4 members (excludes halogenated alkanes) is 1. The van der Waals surface area contributed by atoms with Gasteiger partial charge in [-0.05, 0) is 38.2 Å². The fourth-order valence-corrected chi connectivity index (χ4v) is 3.27. The Morgan fingerprint density at radius 3 is 2.44 bits per heavy atom. The average Bonchev–Trinajstić information content (AvgIpc) is 2.63. The number of hydrogen-bond donors (Lipinski definition) is 0. The number of carbonyl (C=O) groups excluding carboxylic acids is 2. The van der Waals surface area contributed by atoms with E-state index in [0.717, 1.165) is 44.3 Å². The third kappa shape index (κ3) is 6.25. The van der Waals surface area contributed by atoms with Crippen LogP contribution in [0.2, 0.25) is 0 Å². The van der Waals surface area contributed by atoms with Crippen LogP contribution in [-0.2, 0) is 19.1 Å². The van der Waals surface area contributed by atoms with Crippen LogP contribution in [0.5, 0.6) is 0 Å². The van der Waals surface area contributed by atoms with Crippen molar-refractivity contribution in [1.29, 1.82) is 0 Å². The first-order chi connectivity index (χ1) is 12.1. The van der Waals surface area contributed by atoms with E-state index in [4.69, 9.17) is 9.47 Å². The minimum Gasteiger partial charge on any atom is -0.468 e. The lowest BCUT2D eigenvalue weighted by Gasteiger charge is -2.36. The van der Waals surface area contributed by atoms with Crippen molar-refractivity contribution < 1.29 is 19.1 Å². The Bertz CT molecular complexity index is 538. The molecule has 1 unspecified atom stereocenters. The monoisotopic (exact) mass is 347 g/mol. The highest BCUT2D eigenvalue weighted by molar-refractivity contribution is 5.77. The lowest BCUT2D eigenvalue weighted by molar-refractivity contribution is -0.148. The van der Waals surface area contributed by atoms with Crippen LogP contribution >= 0.6 is 0 Å².